The van der Waals surface area contributed by atoms with Crippen molar-refractivity contribution in [1.29, 1.82) is 0 Å². The molecule has 0 aromatic carbocycles. The van der Waals surface area contributed by atoms with Gasteiger partial charge in [-0.3, -0.25) is 4.79 Å². The molecule has 0 spiro atoms. The van der Waals surface area contributed by atoms with Crippen LogP contribution in [-0.2, 0) is 4.79 Å². The summed E-state index contributed by atoms with van der Waals surface area (Å²) in [6, 6.07) is 0. The molecular formula is C10H22O4. The Morgan fingerprint density at radius 1 is 1.14 bits per heavy atom. The standard InChI is InChI=1S/C6H12O2.C4H10O2/c1-2-3-4-5-6(7)8;1-3(5)4(2)6/h2-5H2,1H3,(H,7,8);3-6H,1-2H3. The van der Waals surface area contributed by atoms with E-state index in [9.17, 15) is 4.79 Å². The topological polar surface area (TPSA) is 77.8 Å². The number of aliphatic carboxylic acids is 1. The highest BCUT2D eigenvalue weighted by molar-refractivity contribution is 5.66. The maximum atomic E-state index is 9.87. The fourth-order valence-electron chi connectivity index (χ4n) is 0.526. The van der Waals surface area contributed by atoms with E-state index in [1.807, 2.05) is 0 Å². The molecule has 0 saturated carbocycles. The van der Waals surface area contributed by atoms with Gasteiger partial charge >= 0.3 is 5.97 Å². The predicted molar refractivity (Wildman–Crippen MR) is 55.1 cm³/mol. The molecule has 4 heteroatoms. The van der Waals surface area contributed by atoms with Gasteiger partial charge in [0.05, 0.1) is 12.2 Å². The molecule has 0 radical (unpaired) electrons. The first-order valence-corrected chi connectivity index (χ1v) is 4.99. The Balaban J connectivity index is 0. The number of aliphatic hydroxyl groups excluding tert-OH is 2. The first-order valence-electron chi connectivity index (χ1n) is 4.99. The molecule has 0 bridgehead atoms. The van der Waals surface area contributed by atoms with Gasteiger partial charge in [0.15, 0.2) is 0 Å². The molecule has 14 heavy (non-hydrogen) atoms. The Labute approximate surface area is 85.6 Å². The Kier molecular flexibility index (Phi) is 11.9. The van der Waals surface area contributed by atoms with Crippen molar-refractivity contribution < 1.29 is 20.1 Å². The van der Waals surface area contributed by atoms with Crippen LogP contribution in [-0.4, -0.2) is 33.5 Å². The van der Waals surface area contributed by atoms with Gasteiger partial charge in [0.2, 0.25) is 0 Å². The van der Waals surface area contributed by atoms with Crippen LogP contribution < -0.4 is 0 Å². The van der Waals surface area contributed by atoms with Gasteiger partial charge < -0.3 is 15.3 Å². The smallest absolute Gasteiger partial charge is 0.303 e. The van der Waals surface area contributed by atoms with Gasteiger partial charge in [0, 0.05) is 6.42 Å². The average Bonchev–Trinajstić information content (AvgIpc) is 2.05. The molecule has 0 fully saturated rings. The lowest BCUT2D eigenvalue weighted by molar-refractivity contribution is -0.137. The van der Waals surface area contributed by atoms with Crippen LogP contribution in [0.15, 0.2) is 0 Å². The highest BCUT2D eigenvalue weighted by Crippen LogP contribution is 1.97. The van der Waals surface area contributed by atoms with Crippen LogP contribution in [0.4, 0.5) is 0 Å². The number of hydrogen-bond acceptors (Lipinski definition) is 3. The Morgan fingerprint density at radius 3 is 1.79 bits per heavy atom. The number of carboxylic acid groups (broad SMARTS) is 1. The second-order valence-electron chi connectivity index (χ2n) is 3.33. The highest BCUT2D eigenvalue weighted by Gasteiger charge is 1.99. The van der Waals surface area contributed by atoms with Gasteiger partial charge in [-0.1, -0.05) is 19.8 Å². The van der Waals surface area contributed by atoms with E-state index in [1.165, 1.54) is 0 Å². The fourth-order valence-corrected chi connectivity index (χ4v) is 0.526. The zero-order chi connectivity index (χ0) is 11.6. The number of aliphatic hydroxyl groups is 2. The molecule has 0 aromatic rings. The summed E-state index contributed by atoms with van der Waals surface area (Å²) in [7, 11) is 0. The minimum Gasteiger partial charge on any atom is -0.481 e. The van der Waals surface area contributed by atoms with E-state index in [4.69, 9.17) is 15.3 Å². The second-order valence-corrected chi connectivity index (χ2v) is 3.33. The zero-order valence-corrected chi connectivity index (χ0v) is 9.23. The molecule has 0 aliphatic rings. The Hall–Kier alpha value is -0.610. The Bertz CT molecular complexity index is 126. The summed E-state index contributed by atoms with van der Waals surface area (Å²) < 4.78 is 0. The molecule has 0 aliphatic heterocycles. The normalized spacial score (nSPS) is 13.8. The summed E-state index contributed by atoms with van der Waals surface area (Å²) in [6.07, 6.45) is 2.09. The Morgan fingerprint density at radius 2 is 1.57 bits per heavy atom. The van der Waals surface area contributed by atoms with Gasteiger partial charge in [-0.25, -0.2) is 0 Å². The molecule has 86 valence electrons. The summed E-state index contributed by atoms with van der Waals surface area (Å²) >= 11 is 0. The summed E-state index contributed by atoms with van der Waals surface area (Å²) in [5.41, 5.74) is 0. The van der Waals surface area contributed by atoms with Crippen LogP contribution in [0.25, 0.3) is 0 Å². The monoisotopic (exact) mass is 206 g/mol. The van der Waals surface area contributed by atoms with Crippen molar-refractivity contribution in [2.24, 2.45) is 0 Å². The van der Waals surface area contributed by atoms with E-state index in [-0.39, 0.29) is 0 Å². The molecule has 2 atom stereocenters. The van der Waals surface area contributed by atoms with E-state index in [0.29, 0.717) is 6.42 Å². The van der Waals surface area contributed by atoms with Crippen LogP contribution in [0.3, 0.4) is 0 Å². The molecule has 0 aromatic heterocycles. The van der Waals surface area contributed by atoms with Crippen LogP contribution >= 0.6 is 0 Å². The van der Waals surface area contributed by atoms with Crippen molar-refractivity contribution in [2.45, 2.75) is 58.7 Å². The lowest BCUT2D eigenvalue weighted by Crippen LogP contribution is -2.17. The lowest BCUT2D eigenvalue weighted by Gasteiger charge is -2.03. The molecule has 0 heterocycles. The predicted octanol–water partition coefficient (Wildman–Crippen LogP) is 1.40. The summed E-state index contributed by atoms with van der Waals surface area (Å²) in [6.45, 7) is 5.15. The van der Waals surface area contributed by atoms with E-state index in [0.717, 1.165) is 19.3 Å². The summed E-state index contributed by atoms with van der Waals surface area (Å²) in [5.74, 6) is -0.682. The number of unbranched alkanes of at least 4 members (excludes halogenated alkanes) is 2. The maximum absolute atomic E-state index is 9.87. The summed E-state index contributed by atoms with van der Waals surface area (Å²) in [4.78, 5) is 9.87. The number of carboxylic acids is 1. The third kappa shape index (κ3) is 17.5. The van der Waals surface area contributed by atoms with Crippen LogP contribution in [0.1, 0.15) is 46.5 Å². The van der Waals surface area contributed by atoms with Crippen molar-refractivity contribution in [3.05, 3.63) is 0 Å². The van der Waals surface area contributed by atoms with E-state index < -0.39 is 18.2 Å². The van der Waals surface area contributed by atoms with Crippen LogP contribution in [0.2, 0.25) is 0 Å². The van der Waals surface area contributed by atoms with Crippen LogP contribution in [0, 0.1) is 0 Å². The number of rotatable bonds is 5. The first-order chi connectivity index (χ1) is 6.41. The largest absolute Gasteiger partial charge is 0.481 e. The van der Waals surface area contributed by atoms with Crippen molar-refractivity contribution in [3.8, 4) is 0 Å². The third-order valence-electron chi connectivity index (χ3n) is 1.69. The molecule has 0 saturated heterocycles. The minimum atomic E-state index is -0.682. The SMILES string of the molecule is CC(O)C(C)O.CCCCCC(=O)O. The van der Waals surface area contributed by atoms with E-state index in [2.05, 4.69) is 6.92 Å². The van der Waals surface area contributed by atoms with Gasteiger partial charge in [0.25, 0.3) is 0 Å². The maximum Gasteiger partial charge on any atom is 0.303 e. The fraction of sp³-hybridized carbons (Fsp3) is 0.900. The molecule has 0 rings (SSSR count). The van der Waals surface area contributed by atoms with Gasteiger partial charge in [-0.15, -0.1) is 0 Å². The van der Waals surface area contributed by atoms with Crippen molar-refractivity contribution >= 4 is 5.97 Å². The highest BCUT2D eigenvalue weighted by atomic mass is 16.4. The second kappa shape index (κ2) is 10.5. The van der Waals surface area contributed by atoms with Crippen molar-refractivity contribution in [1.82, 2.24) is 0 Å². The van der Waals surface area contributed by atoms with Crippen molar-refractivity contribution in [3.63, 3.8) is 0 Å². The lowest BCUT2D eigenvalue weighted by atomic mass is 10.2. The van der Waals surface area contributed by atoms with E-state index in [1.54, 1.807) is 13.8 Å². The van der Waals surface area contributed by atoms with E-state index >= 15 is 0 Å². The molecule has 0 amide bonds. The third-order valence-corrected chi connectivity index (χ3v) is 1.69. The van der Waals surface area contributed by atoms with Crippen molar-refractivity contribution in [2.75, 3.05) is 0 Å². The van der Waals surface area contributed by atoms with Gasteiger partial charge in [-0.05, 0) is 20.3 Å². The zero-order valence-electron chi connectivity index (χ0n) is 9.23. The molecule has 0 aliphatic carbocycles. The number of carbonyl (C=O) groups is 1. The van der Waals surface area contributed by atoms with Gasteiger partial charge in [0.1, 0.15) is 0 Å². The number of hydrogen-bond donors (Lipinski definition) is 3. The molecular weight excluding hydrogens is 184 g/mol. The van der Waals surface area contributed by atoms with Crippen LogP contribution in [0.5, 0.6) is 0 Å². The molecule has 3 N–H and O–H groups in total. The van der Waals surface area contributed by atoms with Gasteiger partial charge in [-0.2, -0.15) is 0 Å². The molecule has 2 unspecified atom stereocenters. The minimum absolute atomic E-state index is 0.327. The summed E-state index contributed by atoms with van der Waals surface area (Å²) in [5, 5.41) is 24.9. The quantitative estimate of drug-likeness (QED) is 0.594. The average molecular weight is 206 g/mol. The first kappa shape index (κ1) is 15.8. The molecule has 4 nitrogen and oxygen atoms in total.